The van der Waals surface area contributed by atoms with Crippen molar-refractivity contribution in [3.63, 3.8) is 0 Å². The Balaban J connectivity index is 2.41. The highest BCUT2D eigenvalue weighted by Gasteiger charge is 2.18. The van der Waals surface area contributed by atoms with Crippen molar-refractivity contribution in [2.24, 2.45) is 4.99 Å². The van der Waals surface area contributed by atoms with Crippen molar-refractivity contribution in [2.75, 3.05) is 17.8 Å². The van der Waals surface area contributed by atoms with Crippen LogP contribution in [0.4, 0.5) is 11.4 Å². The number of anilines is 1. The lowest BCUT2D eigenvalue weighted by molar-refractivity contribution is 1.23. The first-order chi connectivity index (χ1) is 7.81. The van der Waals surface area contributed by atoms with Gasteiger partial charge in [0.15, 0.2) is 0 Å². The van der Waals surface area contributed by atoms with Gasteiger partial charge in [0.05, 0.1) is 17.3 Å². The summed E-state index contributed by atoms with van der Waals surface area (Å²) in [6, 6.07) is 12.4. The number of amidine groups is 1. The summed E-state index contributed by atoms with van der Waals surface area (Å²) in [5.74, 6) is 1.33. The summed E-state index contributed by atoms with van der Waals surface area (Å²) in [5, 5.41) is 2.43. The van der Waals surface area contributed by atoms with Gasteiger partial charge >= 0.3 is 0 Å². The van der Waals surface area contributed by atoms with Crippen molar-refractivity contribution in [2.45, 2.75) is 0 Å². The molecule has 0 unspecified atom stereocenters. The van der Waals surface area contributed by atoms with E-state index in [2.05, 4.69) is 34.2 Å². The number of alkyl halides is 1. The molecule has 80 valence electrons. The van der Waals surface area contributed by atoms with E-state index >= 15 is 0 Å². The second-order valence-corrected chi connectivity index (χ2v) is 4.14. The molecule has 0 radical (unpaired) electrons. The Bertz CT molecular complexity index is 584. The van der Waals surface area contributed by atoms with Crippen LogP contribution in [0, 0.1) is 0 Å². The summed E-state index contributed by atoms with van der Waals surface area (Å²) in [6.07, 6.45) is 0. The second-order valence-electron chi connectivity index (χ2n) is 3.87. The first-order valence-corrected chi connectivity index (χ1v) is 5.74. The van der Waals surface area contributed by atoms with Gasteiger partial charge in [-0.1, -0.05) is 24.3 Å². The van der Waals surface area contributed by atoms with Gasteiger partial charge in [0, 0.05) is 12.4 Å². The van der Waals surface area contributed by atoms with Crippen molar-refractivity contribution in [1.29, 1.82) is 0 Å². The third-order valence-corrected chi connectivity index (χ3v) is 3.22. The number of nitrogens with zero attached hydrogens (tertiary/aromatic N) is 2. The molecule has 2 aromatic rings. The maximum absolute atomic E-state index is 5.90. The van der Waals surface area contributed by atoms with Crippen molar-refractivity contribution < 1.29 is 0 Å². The van der Waals surface area contributed by atoms with E-state index < -0.39 is 0 Å². The molecule has 0 amide bonds. The highest BCUT2D eigenvalue weighted by Crippen LogP contribution is 2.37. The highest BCUT2D eigenvalue weighted by atomic mass is 35.5. The summed E-state index contributed by atoms with van der Waals surface area (Å²) in [6.45, 7) is 0. The molecule has 0 N–H and O–H groups in total. The summed E-state index contributed by atoms with van der Waals surface area (Å²) in [5.41, 5.74) is 2.20. The highest BCUT2D eigenvalue weighted by molar-refractivity contribution is 6.32. The van der Waals surface area contributed by atoms with Crippen molar-refractivity contribution in [1.82, 2.24) is 0 Å². The molecule has 1 aliphatic rings. The molecule has 0 spiro atoms. The van der Waals surface area contributed by atoms with Crippen LogP contribution in [0.15, 0.2) is 41.4 Å². The van der Waals surface area contributed by atoms with Crippen LogP contribution in [0.3, 0.4) is 0 Å². The van der Waals surface area contributed by atoms with Gasteiger partial charge in [-0.3, -0.25) is 0 Å². The fourth-order valence-corrected chi connectivity index (χ4v) is 2.39. The molecule has 0 fully saturated rings. The molecular formula is C13H11ClN2. The zero-order chi connectivity index (χ0) is 11.1. The molecule has 0 saturated carbocycles. The molecular weight excluding hydrogens is 220 g/mol. The molecule has 1 aliphatic heterocycles. The summed E-state index contributed by atoms with van der Waals surface area (Å²) in [4.78, 5) is 6.63. The normalized spacial score (nSPS) is 14.1. The summed E-state index contributed by atoms with van der Waals surface area (Å²) < 4.78 is 0. The van der Waals surface area contributed by atoms with Gasteiger partial charge in [-0.2, -0.15) is 0 Å². The van der Waals surface area contributed by atoms with E-state index in [1.807, 2.05) is 19.2 Å². The molecule has 0 bridgehead atoms. The predicted molar refractivity (Wildman–Crippen MR) is 70.2 cm³/mol. The Morgan fingerprint density at radius 1 is 1.19 bits per heavy atom. The van der Waals surface area contributed by atoms with E-state index in [4.69, 9.17) is 11.6 Å². The standard InChI is InChI=1S/C13H11ClN2/c1-16-11-7-3-5-9-4-2-6-10(13(9)11)15-12(16)8-14/h2-7H,8H2,1H3. The van der Waals surface area contributed by atoms with E-state index in [1.54, 1.807) is 0 Å². The minimum atomic E-state index is 0.432. The summed E-state index contributed by atoms with van der Waals surface area (Å²) in [7, 11) is 2.01. The van der Waals surface area contributed by atoms with Crippen molar-refractivity contribution >= 4 is 39.6 Å². The van der Waals surface area contributed by atoms with E-state index in [0.717, 1.165) is 11.5 Å². The number of halogens is 1. The van der Waals surface area contributed by atoms with Gasteiger partial charge in [0.2, 0.25) is 0 Å². The Labute approximate surface area is 99.2 Å². The number of hydrogen-bond donors (Lipinski definition) is 0. The quantitative estimate of drug-likeness (QED) is 0.684. The van der Waals surface area contributed by atoms with Crippen LogP contribution in [-0.4, -0.2) is 18.8 Å². The Hall–Kier alpha value is -1.54. The molecule has 0 atom stereocenters. The van der Waals surface area contributed by atoms with Gasteiger partial charge in [0.1, 0.15) is 5.84 Å². The number of hydrogen-bond acceptors (Lipinski definition) is 2. The van der Waals surface area contributed by atoms with Gasteiger partial charge < -0.3 is 4.90 Å². The number of rotatable bonds is 1. The van der Waals surface area contributed by atoms with E-state index in [-0.39, 0.29) is 0 Å². The lowest BCUT2D eigenvalue weighted by Gasteiger charge is -2.26. The zero-order valence-electron chi connectivity index (χ0n) is 8.94. The van der Waals surface area contributed by atoms with E-state index in [0.29, 0.717) is 5.88 Å². The van der Waals surface area contributed by atoms with Gasteiger partial charge in [-0.25, -0.2) is 4.99 Å². The fourth-order valence-electron chi connectivity index (χ4n) is 2.15. The van der Waals surface area contributed by atoms with Crippen LogP contribution in [0.25, 0.3) is 10.8 Å². The van der Waals surface area contributed by atoms with Crippen LogP contribution in [0.1, 0.15) is 0 Å². The molecule has 0 aromatic heterocycles. The summed E-state index contributed by atoms with van der Waals surface area (Å²) >= 11 is 5.90. The Morgan fingerprint density at radius 3 is 2.69 bits per heavy atom. The third kappa shape index (κ3) is 1.23. The largest absolute Gasteiger partial charge is 0.331 e. The predicted octanol–water partition coefficient (Wildman–Crippen LogP) is 3.56. The molecule has 0 saturated heterocycles. The first-order valence-electron chi connectivity index (χ1n) is 5.20. The van der Waals surface area contributed by atoms with Crippen LogP contribution < -0.4 is 4.90 Å². The number of aliphatic imine (C=N–C) groups is 1. The molecule has 3 rings (SSSR count). The van der Waals surface area contributed by atoms with E-state index in [9.17, 15) is 0 Å². The topological polar surface area (TPSA) is 15.6 Å². The first kappa shape index (κ1) is 9.67. The second kappa shape index (κ2) is 3.49. The van der Waals surface area contributed by atoms with Crippen LogP contribution in [0.5, 0.6) is 0 Å². The Kier molecular flexibility index (Phi) is 2.11. The van der Waals surface area contributed by atoms with Crippen LogP contribution in [-0.2, 0) is 0 Å². The smallest absolute Gasteiger partial charge is 0.124 e. The van der Waals surface area contributed by atoms with Gasteiger partial charge in [0.25, 0.3) is 0 Å². The van der Waals surface area contributed by atoms with Crippen LogP contribution >= 0.6 is 11.6 Å². The van der Waals surface area contributed by atoms with Crippen molar-refractivity contribution in [3.05, 3.63) is 36.4 Å². The maximum Gasteiger partial charge on any atom is 0.124 e. The molecule has 1 heterocycles. The maximum atomic E-state index is 5.90. The van der Waals surface area contributed by atoms with Crippen LogP contribution in [0.2, 0.25) is 0 Å². The molecule has 16 heavy (non-hydrogen) atoms. The third-order valence-electron chi connectivity index (χ3n) is 2.98. The minimum Gasteiger partial charge on any atom is -0.331 e. The monoisotopic (exact) mass is 230 g/mol. The lowest BCUT2D eigenvalue weighted by atomic mass is 10.0. The average Bonchev–Trinajstić information content (AvgIpc) is 2.33. The Morgan fingerprint density at radius 2 is 1.94 bits per heavy atom. The van der Waals surface area contributed by atoms with Crippen molar-refractivity contribution in [3.8, 4) is 0 Å². The molecule has 2 nitrogen and oxygen atoms in total. The molecule has 3 heteroatoms. The van der Waals surface area contributed by atoms with Gasteiger partial charge in [-0.05, 0) is 17.5 Å². The zero-order valence-corrected chi connectivity index (χ0v) is 9.70. The minimum absolute atomic E-state index is 0.432. The van der Waals surface area contributed by atoms with Gasteiger partial charge in [-0.15, -0.1) is 11.6 Å². The van der Waals surface area contributed by atoms with E-state index in [1.165, 1.54) is 16.5 Å². The average molecular weight is 231 g/mol. The number of benzene rings is 2. The molecule has 2 aromatic carbocycles. The lowest BCUT2D eigenvalue weighted by Crippen LogP contribution is -2.29. The fraction of sp³-hybridized carbons (Fsp3) is 0.154. The SMILES string of the molecule is CN1C(CCl)=Nc2cccc3cccc1c23. The molecule has 0 aliphatic carbocycles.